The van der Waals surface area contributed by atoms with Gasteiger partial charge in [0.2, 0.25) is 0 Å². The Kier molecular flexibility index (Phi) is 23.7. The van der Waals surface area contributed by atoms with E-state index in [4.69, 9.17) is 0 Å². The minimum atomic E-state index is 0. The molecule has 0 aliphatic heterocycles. The van der Waals surface area contributed by atoms with Gasteiger partial charge in [0, 0.05) is 0 Å². The van der Waals surface area contributed by atoms with E-state index in [1.807, 2.05) is 4.90 Å². The van der Waals surface area contributed by atoms with E-state index in [1.165, 1.54) is 110 Å². The first-order valence-corrected chi connectivity index (χ1v) is 10.2. The van der Waals surface area contributed by atoms with Crippen LogP contribution in [-0.4, -0.2) is 19.6 Å². The number of nitrogens with one attached hydrogen (secondary N) is 1. The summed E-state index contributed by atoms with van der Waals surface area (Å²) < 4.78 is 0. The van der Waals surface area contributed by atoms with Crippen LogP contribution in [0, 0.1) is 0 Å². The highest BCUT2D eigenvalue weighted by Crippen LogP contribution is 2.11. The fourth-order valence-corrected chi connectivity index (χ4v) is 3.30. The van der Waals surface area contributed by atoms with E-state index in [1.54, 1.807) is 0 Å². The summed E-state index contributed by atoms with van der Waals surface area (Å²) in [5, 5.41) is 0. The number of unbranched alkanes of at least 4 members (excludes halogenated alkanes) is 11. The molecule has 0 amide bonds. The molecule has 0 aromatic carbocycles. The van der Waals surface area contributed by atoms with Crippen LogP contribution in [0.25, 0.3) is 0 Å². The largest absolute Gasteiger partial charge is 1.00 e. The zero-order chi connectivity index (χ0) is 15.6. The normalized spacial score (nSPS) is 10.9. The van der Waals surface area contributed by atoms with Crippen molar-refractivity contribution >= 4 is 0 Å². The molecule has 1 N–H and O–H groups in total. The molecule has 0 spiro atoms. The zero-order valence-electron chi connectivity index (χ0n) is 15.9. The summed E-state index contributed by atoms with van der Waals surface area (Å²) in [5.41, 5.74) is 0. The van der Waals surface area contributed by atoms with Crippen LogP contribution in [-0.2, 0) is 0 Å². The molecule has 0 aliphatic carbocycles. The molecule has 0 rings (SSSR count). The van der Waals surface area contributed by atoms with Gasteiger partial charge in [0.15, 0.2) is 0 Å². The van der Waals surface area contributed by atoms with Gasteiger partial charge >= 0.3 is 0 Å². The van der Waals surface area contributed by atoms with Crippen LogP contribution in [0.4, 0.5) is 0 Å². The molecule has 0 saturated carbocycles. The average Bonchev–Trinajstić information content (AvgIpc) is 2.48. The first-order chi connectivity index (χ1) is 10.3. The van der Waals surface area contributed by atoms with Crippen LogP contribution in [0.5, 0.6) is 0 Å². The van der Waals surface area contributed by atoms with Crippen molar-refractivity contribution in [1.29, 1.82) is 0 Å². The lowest BCUT2D eigenvalue weighted by Gasteiger charge is -2.17. The van der Waals surface area contributed by atoms with E-state index < -0.39 is 0 Å². The number of rotatable bonds is 17. The smallest absolute Gasteiger partial charge is 0.0770 e. The van der Waals surface area contributed by atoms with Crippen molar-refractivity contribution in [3.8, 4) is 0 Å². The monoisotopic (exact) mass is 333 g/mol. The molecule has 0 atom stereocenters. The molecular formula is C20H44ClN. The summed E-state index contributed by atoms with van der Waals surface area (Å²) in [6.07, 6.45) is 20.2. The Hall–Kier alpha value is 0.250. The van der Waals surface area contributed by atoms with Crippen molar-refractivity contribution in [1.82, 2.24) is 0 Å². The number of quaternary nitrogens is 1. The van der Waals surface area contributed by atoms with Crippen LogP contribution in [0.2, 0.25) is 0 Å². The molecule has 136 valence electrons. The molecule has 22 heavy (non-hydrogen) atoms. The Bertz CT molecular complexity index is 179. The number of hydrogen-bond acceptors (Lipinski definition) is 0. The van der Waals surface area contributed by atoms with Gasteiger partial charge in [-0.1, -0.05) is 85.0 Å². The summed E-state index contributed by atoms with van der Waals surface area (Å²) in [4.78, 5) is 1.84. The Morgan fingerprint density at radius 1 is 0.409 bits per heavy atom. The van der Waals surface area contributed by atoms with Gasteiger partial charge in [-0.25, -0.2) is 0 Å². The quantitative estimate of drug-likeness (QED) is 0.390. The third-order valence-electron chi connectivity index (χ3n) is 4.59. The maximum absolute atomic E-state index is 2.32. The molecule has 0 aromatic rings. The van der Waals surface area contributed by atoms with Crippen molar-refractivity contribution in [2.24, 2.45) is 0 Å². The van der Waals surface area contributed by atoms with E-state index >= 15 is 0 Å². The Morgan fingerprint density at radius 2 is 0.773 bits per heavy atom. The van der Waals surface area contributed by atoms with Crippen LogP contribution in [0.3, 0.4) is 0 Å². The predicted molar refractivity (Wildman–Crippen MR) is 97.2 cm³/mol. The van der Waals surface area contributed by atoms with Crippen LogP contribution in [0.1, 0.15) is 111 Å². The lowest BCUT2D eigenvalue weighted by Crippen LogP contribution is -3.12. The highest BCUT2D eigenvalue weighted by atomic mass is 35.5. The minimum Gasteiger partial charge on any atom is -1.00 e. The predicted octanol–water partition coefficient (Wildman–Crippen LogP) is 2.40. The third kappa shape index (κ3) is 18.3. The highest BCUT2D eigenvalue weighted by molar-refractivity contribution is 4.48. The van der Waals surface area contributed by atoms with Gasteiger partial charge in [0.05, 0.1) is 19.6 Å². The molecule has 0 fully saturated rings. The second-order valence-corrected chi connectivity index (χ2v) is 6.89. The van der Waals surface area contributed by atoms with Gasteiger partial charge in [-0.15, -0.1) is 0 Å². The average molecular weight is 334 g/mol. The Labute approximate surface area is 148 Å². The molecule has 0 unspecified atom stereocenters. The standard InChI is InChI=1S/C20H43N.ClH/c1-4-7-8-9-10-11-12-13-14-15-16-17-20-21(18-5-2)19-6-3;/h4-20H2,1-3H3;1H. The fourth-order valence-electron chi connectivity index (χ4n) is 3.30. The van der Waals surface area contributed by atoms with Crippen molar-refractivity contribution in [3.63, 3.8) is 0 Å². The van der Waals surface area contributed by atoms with E-state index in [9.17, 15) is 0 Å². The maximum atomic E-state index is 2.32. The summed E-state index contributed by atoms with van der Waals surface area (Å²) in [7, 11) is 0. The SMILES string of the molecule is CCCCCCCCCCCCCC[NH+](CCC)CCC.[Cl-]. The van der Waals surface area contributed by atoms with E-state index in [-0.39, 0.29) is 12.4 Å². The van der Waals surface area contributed by atoms with E-state index in [0.29, 0.717) is 0 Å². The van der Waals surface area contributed by atoms with Crippen molar-refractivity contribution in [3.05, 3.63) is 0 Å². The van der Waals surface area contributed by atoms with E-state index in [0.717, 1.165) is 0 Å². The van der Waals surface area contributed by atoms with Gasteiger partial charge in [0.1, 0.15) is 0 Å². The molecule has 0 radical (unpaired) electrons. The molecule has 1 nitrogen and oxygen atoms in total. The van der Waals surface area contributed by atoms with Crippen molar-refractivity contribution in [2.45, 2.75) is 111 Å². The molecule has 0 saturated heterocycles. The van der Waals surface area contributed by atoms with E-state index in [2.05, 4.69) is 20.8 Å². The summed E-state index contributed by atoms with van der Waals surface area (Å²) in [6, 6.07) is 0. The first kappa shape index (κ1) is 24.5. The lowest BCUT2D eigenvalue weighted by atomic mass is 10.1. The molecular weight excluding hydrogens is 290 g/mol. The Morgan fingerprint density at radius 3 is 1.14 bits per heavy atom. The van der Waals surface area contributed by atoms with Crippen molar-refractivity contribution in [2.75, 3.05) is 19.6 Å². The first-order valence-electron chi connectivity index (χ1n) is 10.2. The minimum absolute atomic E-state index is 0. The van der Waals surface area contributed by atoms with Gasteiger partial charge in [-0.3, -0.25) is 0 Å². The van der Waals surface area contributed by atoms with Gasteiger partial charge < -0.3 is 17.3 Å². The number of halogens is 1. The van der Waals surface area contributed by atoms with Crippen LogP contribution in [0.15, 0.2) is 0 Å². The third-order valence-corrected chi connectivity index (χ3v) is 4.59. The molecule has 0 aliphatic rings. The molecule has 2 heteroatoms. The summed E-state index contributed by atoms with van der Waals surface area (Å²) >= 11 is 0. The van der Waals surface area contributed by atoms with Gasteiger partial charge in [-0.05, 0) is 25.7 Å². The van der Waals surface area contributed by atoms with Gasteiger partial charge in [0.25, 0.3) is 0 Å². The summed E-state index contributed by atoms with van der Waals surface area (Å²) in [6.45, 7) is 11.1. The van der Waals surface area contributed by atoms with Crippen LogP contribution < -0.4 is 17.3 Å². The molecule has 0 bridgehead atoms. The highest BCUT2D eigenvalue weighted by Gasteiger charge is 2.04. The lowest BCUT2D eigenvalue weighted by molar-refractivity contribution is -0.900. The molecule has 0 heterocycles. The Balaban J connectivity index is 0. The number of hydrogen-bond donors (Lipinski definition) is 1. The fraction of sp³-hybridized carbons (Fsp3) is 1.00. The second kappa shape index (κ2) is 21.2. The zero-order valence-corrected chi connectivity index (χ0v) is 16.7. The van der Waals surface area contributed by atoms with Crippen LogP contribution >= 0.6 is 0 Å². The maximum Gasteiger partial charge on any atom is 0.0770 e. The topological polar surface area (TPSA) is 4.44 Å². The second-order valence-electron chi connectivity index (χ2n) is 6.89. The van der Waals surface area contributed by atoms with Crippen molar-refractivity contribution < 1.29 is 17.3 Å². The summed E-state index contributed by atoms with van der Waals surface area (Å²) in [5.74, 6) is 0. The van der Waals surface area contributed by atoms with Gasteiger partial charge in [-0.2, -0.15) is 0 Å². The molecule has 0 aromatic heterocycles.